The van der Waals surface area contributed by atoms with Gasteiger partial charge in [0.05, 0.1) is 5.56 Å². The van der Waals surface area contributed by atoms with Crippen LogP contribution in [0.25, 0.3) is 0 Å². The second-order valence-electron chi connectivity index (χ2n) is 3.75. The van der Waals surface area contributed by atoms with Crippen LogP contribution in [0.5, 0.6) is 0 Å². The maximum atomic E-state index is 11.8. The number of carboxylic acid groups (broad SMARTS) is 1. The van der Waals surface area contributed by atoms with Crippen LogP contribution < -0.4 is 4.72 Å². The standard InChI is InChI=1S/C10H16N2O4S2/c1-3-12(2)5-4-11-18(15,16)9-6-8(7-17-9)10(13)14/h6-7,11H,3-5H2,1-2H3,(H,13,14). The quantitative estimate of drug-likeness (QED) is 0.771. The van der Waals surface area contributed by atoms with Gasteiger partial charge in [-0.25, -0.2) is 17.9 Å². The van der Waals surface area contributed by atoms with Gasteiger partial charge in [-0.1, -0.05) is 6.92 Å². The van der Waals surface area contributed by atoms with Crippen molar-refractivity contribution in [2.24, 2.45) is 0 Å². The summed E-state index contributed by atoms with van der Waals surface area (Å²) in [5.41, 5.74) is -0.00829. The lowest BCUT2D eigenvalue weighted by atomic mass is 10.4. The number of carboxylic acids is 1. The number of aromatic carboxylic acids is 1. The number of hydrogen-bond donors (Lipinski definition) is 2. The largest absolute Gasteiger partial charge is 0.478 e. The van der Waals surface area contributed by atoms with Crippen molar-refractivity contribution in [3.8, 4) is 0 Å². The minimum atomic E-state index is -3.60. The van der Waals surface area contributed by atoms with Gasteiger partial charge in [-0.3, -0.25) is 0 Å². The van der Waals surface area contributed by atoms with Crippen LogP contribution in [0.15, 0.2) is 15.7 Å². The summed E-state index contributed by atoms with van der Waals surface area (Å²) in [6.45, 7) is 3.72. The van der Waals surface area contributed by atoms with Gasteiger partial charge in [0.15, 0.2) is 0 Å². The SMILES string of the molecule is CCN(C)CCNS(=O)(=O)c1cc(C(=O)O)cs1. The van der Waals surface area contributed by atoms with Gasteiger partial charge >= 0.3 is 5.97 Å². The van der Waals surface area contributed by atoms with Crippen LogP contribution in [0.3, 0.4) is 0 Å². The first kappa shape index (κ1) is 15.1. The zero-order chi connectivity index (χ0) is 13.8. The molecule has 8 heteroatoms. The molecule has 0 bridgehead atoms. The summed E-state index contributed by atoms with van der Waals surface area (Å²) in [4.78, 5) is 12.6. The Bertz CT molecular complexity index is 510. The molecule has 0 fully saturated rings. The molecule has 0 atom stereocenters. The zero-order valence-electron chi connectivity index (χ0n) is 10.2. The molecule has 1 aromatic rings. The van der Waals surface area contributed by atoms with Gasteiger partial charge in [-0.05, 0) is 19.7 Å². The van der Waals surface area contributed by atoms with Gasteiger partial charge in [0.25, 0.3) is 0 Å². The van der Waals surface area contributed by atoms with Crippen molar-refractivity contribution < 1.29 is 18.3 Å². The number of rotatable bonds is 7. The molecule has 2 N–H and O–H groups in total. The van der Waals surface area contributed by atoms with Crippen molar-refractivity contribution in [1.29, 1.82) is 0 Å². The molecular weight excluding hydrogens is 276 g/mol. The molecule has 0 aliphatic rings. The summed E-state index contributed by atoms with van der Waals surface area (Å²) in [7, 11) is -1.71. The number of sulfonamides is 1. The van der Waals surface area contributed by atoms with Crippen LogP contribution >= 0.6 is 11.3 Å². The lowest BCUT2D eigenvalue weighted by Gasteiger charge is -2.13. The first-order valence-electron chi connectivity index (χ1n) is 5.37. The molecule has 0 saturated heterocycles. The third-order valence-corrected chi connectivity index (χ3v) is 5.31. The summed E-state index contributed by atoms with van der Waals surface area (Å²) in [5.74, 6) is -1.13. The molecule has 0 aliphatic carbocycles. The molecule has 102 valence electrons. The maximum absolute atomic E-state index is 11.8. The Kier molecular flexibility index (Phi) is 5.27. The summed E-state index contributed by atoms with van der Waals surface area (Å²) in [6.07, 6.45) is 0. The van der Waals surface area contributed by atoms with Gasteiger partial charge in [0, 0.05) is 18.5 Å². The molecule has 1 aromatic heterocycles. The Morgan fingerprint density at radius 3 is 2.72 bits per heavy atom. The molecule has 0 aliphatic heterocycles. The summed E-state index contributed by atoms with van der Waals surface area (Å²) < 4.78 is 26.1. The van der Waals surface area contributed by atoms with E-state index in [2.05, 4.69) is 4.72 Å². The van der Waals surface area contributed by atoms with Crippen LogP contribution in [0.2, 0.25) is 0 Å². The fraction of sp³-hybridized carbons (Fsp3) is 0.500. The van der Waals surface area contributed by atoms with E-state index in [1.54, 1.807) is 0 Å². The Labute approximate surface area is 110 Å². The molecular formula is C10H16N2O4S2. The highest BCUT2D eigenvalue weighted by Gasteiger charge is 2.18. The number of likely N-dealkylation sites (N-methyl/N-ethyl adjacent to an activating group) is 1. The highest BCUT2D eigenvalue weighted by atomic mass is 32.2. The predicted molar refractivity (Wildman–Crippen MR) is 69.6 cm³/mol. The highest BCUT2D eigenvalue weighted by Crippen LogP contribution is 2.19. The molecule has 0 spiro atoms. The molecule has 0 aromatic carbocycles. The van der Waals surface area contributed by atoms with E-state index < -0.39 is 16.0 Å². The van der Waals surface area contributed by atoms with Crippen molar-refractivity contribution in [3.63, 3.8) is 0 Å². The Balaban J connectivity index is 2.65. The lowest BCUT2D eigenvalue weighted by molar-refractivity contribution is 0.0697. The van der Waals surface area contributed by atoms with Gasteiger partial charge < -0.3 is 10.0 Å². The van der Waals surface area contributed by atoms with Gasteiger partial charge in [-0.2, -0.15) is 0 Å². The number of nitrogens with zero attached hydrogens (tertiary/aromatic N) is 1. The van der Waals surface area contributed by atoms with E-state index in [-0.39, 0.29) is 9.77 Å². The average Bonchev–Trinajstić information content (AvgIpc) is 2.78. The number of carbonyl (C=O) groups is 1. The molecule has 0 amide bonds. The molecule has 0 radical (unpaired) electrons. The van der Waals surface area contributed by atoms with E-state index in [1.165, 1.54) is 11.4 Å². The van der Waals surface area contributed by atoms with Crippen LogP contribution in [0.1, 0.15) is 17.3 Å². The molecule has 1 heterocycles. The van der Waals surface area contributed by atoms with E-state index in [0.29, 0.717) is 13.1 Å². The van der Waals surface area contributed by atoms with E-state index in [9.17, 15) is 13.2 Å². The Morgan fingerprint density at radius 2 is 2.22 bits per heavy atom. The van der Waals surface area contributed by atoms with E-state index >= 15 is 0 Å². The number of nitrogens with one attached hydrogen (secondary N) is 1. The molecule has 0 unspecified atom stereocenters. The second-order valence-corrected chi connectivity index (χ2v) is 6.66. The van der Waals surface area contributed by atoms with Crippen LogP contribution in [-0.4, -0.2) is 51.1 Å². The Morgan fingerprint density at radius 1 is 1.56 bits per heavy atom. The smallest absolute Gasteiger partial charge is 0.336 e. The van der Waals surface area contributed by atoms with Gasteiger partial charge in [-0.15, -0.1) is 11.3 Å². The minimum Gasteiger partial charge on any atom is -0.478 e. The van der Waals surface area contributed by atoms with Crippen molar-refractivity contribution in [2.75, 3.05) is 26.7 Å². The number of thiophene rings is 1. The zero-order valence-corrected chi connectivity index (χ0v) is 11.8. The fourth-order valence-corrected chi connectivity index (χ4v) is 3.39. The van der Waals surface area contributed by atoms with Crippen LogP contribution in [0, 0.1) is 0 Å². The molecule has 0 saturated carbocycles. The monoisotopic (exact) mass is 292 g/mol. The number of hydrogen-bond acceptors (Lipinski definition) is 5. The van der Waals surface area contributed by atoms with E-state index in [1.807, 2.05) is 18.9 Å². The topological polar surface area (TPSA) is 86.7 Å². The third kappa shape index (κ3) is 4.05. The first-order valence-corrected chi connectivity index (χ1v) is 7.73. The molecule has 18 heavy (non-hydrogen) atoms. The van der Waals surface area contributed by atoms with Crippen molar-refractivity contribution in [1.82, 2.24) is 9.62 Å². The lowest BCUT2D eigenvalue weighted by Crippen LogP contribution is -2.32. The van der Waals surface area contributed by atoms with Gasteiger partial charge in [0.1, 0.15) is 4.21 Å². The molecule has 6 nitrogen and oxygen atoms in total. The normalized spacial score (nSPS) is 11.9. The van der Waals surface area contributed by atoms with Crippen LogP contribution in [-0.2, 0) is 10.0 Å². The second kappa shape index (κ2) is 6.28. The highest BCUT2D eigenvalue weighted by molar-refractivity contribution is 7.91. The summed E-state index contributed by atoms with van der Waals surface area (Å²) in [5, 5.41) is 10.0. The average molecular weight is 292 g/mol. The van der Waals surface area contributed by atoms with Crippen molar-refractivity contribution in [2.45, 2.75) is 11.1 Å². The minimum absolute atomic E-state index is 0.00829. The van der Waals surface area contributed by atoms with Crippen molar-refractivity contribution >= 4 is 27.3 Å². The summed E-state index contributed by atoms with van der Waals surface area (Å²) in [6, 6.07) is 1.17. The van der Waals surface area contributed by atoms with E-state index in [0.717, 1.165) is 17.9 Å². The Hall–Kier alpha value is -0.960. The third-order valence-electron chi connectivity index (χ3n) is 2.41. The predicted octanol–water partition coefficient (Wildman–Crippen LogP) is 0.676. The fourth-order valence-electron chi connectivity index (χ4n) is 1.17. The van der Waals surface area contributed by atoms with E-state index in [4.69, 9.17) is 5.11 Å². The van der Waals surface area contributed by atoms with Gasteiger partial charge in [0.2, 0.25) is 10.0 Å². The van der Waals surface area contributed by atoms with Crippen LogP contribution in [0.4, 0.5) is 0 Å². The van der Waals surface area contributed by atoms with Crippen molar-refractivity contribution in [3.05, 3.63) is 17.0 Å². The first-order chi connectivity index (χ1) is 8.36. The summed E-state index contributed by atoms with van der Waals surface area (Å²) >= 11 is 0.905. The molecule has 1 rings (SSSR count). The maximum Gasteiger partial charge on any atom is 0.336 e.